The molecule has 2 amide bonds. The number of urea groups is 1. The van der Waals surface area contributed by atoms with Gasteiger partial charge in [0.15, 0.2) is 0 Å². The first-order chi connectivity index (χ1) is 6.54. The Balaban J connectivity index is 3.15. The molecule has 0 saturated carbocycles. The fraction of sp³-hybridized carbons (Fsp3) is 0. The molecular formula is C8H5F2N3O. The Bertz CT molecular complexity index is 402. The summed E-state index contributed by atoms with van der Waals surface area (Å²) in [7, 11) is 0. The Morgan fingerprint density at radius 2 is 1.93 bits per heavy atom. The number of rotatable bonds is 1. The van der Waals surface area contributed by atoms with E-state index < -0.39 is 23.2 Å². The lowest BCUT2D eigenvalue weighted by atomic mass is 10.2. The zero-order valence-corrected chi connectivity index (χ0v) is 6.84. The Morgan fingerprint density at radius 1 is 1.43 bits per heavy atom. The van der Waals surface area contributed by atoms with Crippen LogP contribution in [0.1, 0.15) is 5.56 Å². The third-order valence-electron chi connectivity index (χ3n) is 1.42. The number of nitrogens with zero attached hydrogens (tertiary/aromatic N) is 1. The molecule has 0 aromatic heterocycles. The summed E-state index contributed by atoms with van der Waals surface area (Å²) in [4.78, 5) is 10.3. The highest BCUT2D eigenvalue weighted by Gasteiger charge is 2.10. The van der Waals surface area contributed by atoms with Gasteiger partial charge in [0.05, 0.1) is 0 Å². The summed E-state index contributed by atoms with van der Waals surface area (Å²) in [6, 6.07) is 2.04. The summed E-state index contributed by atoms with van der Waals surface area (Å²) < 4.78 is 25.8. The van der Waals surface area contributed by atoms with Crippen molar-refractivity contribution >= 4 is 11.7 Å². The predicted octanol–water partition coefficient (Wildman–Crippen LogP) is 1.33. The van der Waals surface area contributed by atoms with Gasteiger partial charge in [-0.25, -0.2) is 13.6 Å². The van der Waals surface area contributed by atoms with Crippen LogP contribution < -0.4 is 11.1 Å². The molecule has 0 aliphatic carbocycles. The number of hydrogen-bond donors (Lipinski definition) is 2. The van der Waals surface area contributed by atoms with Gasteiger partial charge in [0.25, 0.3) is 0 Å². The number of amides is 2. The smallest absolute Gasteiger partial charge is 0.316 e. The van der Waals surface area contributed by atoms with Crippen molar-refractivity contribution in [3.63, 3.8) is 0 Å². The summed E-state index contributed by atoms with van der Waals surface area (Å²) >= 11 is 0. The normalized spacial score (nSPS) is 9.21. The van der Waals surface area contributed by atoms with Crippen molar-refractivity contribution in [2.24, 2.45) is 5.73 Å². The van der Waals surface area contributed by atoms with Gasteiger partial charge in [-0.3, -0.25) is 0 Å². The Hall–Kier alpha value is -2.16. The molecule has 14 heavy (non-hydrogen) atoms. The predicted molar refractivity (Wildman–Crippen MR) is 44.3 cm³/mol. The van der Waals surface area contributed by atoms with Crippen molar-refractivity contribution in [2.75, 3.05) is 5.32 Å². The zero-order valence-electron chi connectivity index (χ0n) is 6.84. The average molecular weight is 197 g/mol. The van der Waals surface area contributed by atoms with Crippen molar-refractivity contribution in [3.05, 3.63) is 29.3 Å². The third kappa shape index (κ3) is 1.95. The molecule has 0 unspecified atom stereocenters. The first-order valence-electron chi connectivity index (χ1n) is 3.50. The lowest BCUT2D eigenvalue weighted by Crippen LogP contribution is -2.19. The molecule has 0 fully saturated rings. The van der Waals surface area contributed by atoms with Gasteiger partial charge in [0.2, 0.25) is 0 Å². The zero-order chi connectivity index (χ0) is 10.7. The Morgan fingerprint density at radius 3 is 2.29 bits per heavy atom. The Kier molecular flexibility index (Phi) is 2.62. The van der Waals surface area contributed by atoms with E-state index in [1.54, 1.807) is 0 Å². The molecule has 0 radical (unpaired) electrons. The highest BCUT2D eigenvalue weighted by molar-refractivity contribution is 5.87. The van der Waals surface area contributed by atoms with Crippen LogP contribution >= 0.6 is 0 Å². The van der Waals surface area contributed by atoms with Crippen LogP contribution in [0.4, 0.5) is 19.3 Å². The molecule has 4 nitrogen and oxygen atoms in total. The number of carbonyl (C=O) groups excluding carboxylic acids is 1. The van der Waals surface area contributed by atoms with Crippen molar-refractivity contribution in [2.45, 2.75) is 0 Å². The van der Waals surface area contributed by atoms with Gasteiger partial charge in [-0.15, -0.1) is 0 Å². The molecule has 6 heteroatoms. The molecule has 0 aliphatic rings. The van der Waals surface area contributed by atoms with E-state index in [4.69, 9.17) is 11.0 Å². The van der Waals surface area contributed by atoms with Gasteiger partial charge in [-0.2, -0.15) is 5.26 Å². The van der Waals surface area contributed by atoms with E-state index in [9.17, 15) is 13.6 Å². The monoisotopic (exact) mass is 197 g/mol. The van der Waals surface area contributed by atoms with Crippen LogP contribution in [-0.2, 0) is 0 Å². The minimum atomic E-state index is -1.05. The first-order valence-corrected chi connectivity index (χ1v) is 3.50. The number of benzene rings is 1. The number of carbonyl (C=O) groups is 1. The lowest BCUT2D eigenvalue weighted by Gasteiger charge is -2.03. The molecule has 0 spiro atoms. The number of anilines is 1. The van der Waals surface area contributed by atoms with Gasteiger partial charge in [0, 0.05) is 5.69 Å². The van der Waals surface area contributed by atoms with Crippen molar-refractivity contribution < 1.29 is 13.6 Å². The number of nitrogens with one attached hydrogen (secondary N) is 1. The number of primary amides is 1. The first kappa shape index (κ1) is 9.92. The Labute approximate surface area is 77.9 Å². The fourth-order valence-electron chi connectivity index (χ4n) is 0.894. The van der Waals surface area contributed by atoms with Gasteiger partial charge in [-0.1, -0.05) is 0 Å². The molecule has 0 bridgehead atoms. The van der Waals surface area contributed by atoms with E-state index in [1.807, 2.05) is 5.32 Å². The quantitative estimate of drug-likeness (QED) is 0.712. The van der Waals surface area contributed by atoms with E-state index in [2.05, 4.69) is 0 Å². The standard InChI is InChI=1S/C8H5F2N3O/c9-6-1-4(13-8(12)14)2-7(10)5(6)3-11/h1-2H,(H3,12,13,14). The summed E-state index contributed by atoms with van der Waals surface area (Å²) in [5.41, 5.74) is 3.91. The minimum absolute atomic E-state index is 0.133. The topological polar surface area (TPSA) is 78.9 Å². The van der Waals surface area contributed by atoms with Gasteiger partial charge < -0.3 is 11.1 Å². The van der Waals surface area contributed by atoms with Crippen molar-refractivity contribution in [3.8, 4) is 6.07 Å². The van der Waals surface area contributed by atoms with Crippen LogP contribution in [0.2, 0.25) is 0 Å². The summed E-state index contributed by atoms with van der Waals surface area (Å²) in [5, 5.41) is 10.3. The second kappa shape index (κ2) is 3.70. The molecule has 0 atom stereocenters. The maximum Gasteiger partial charge on any atom is 0.316 e. The molecule has 3 N–H and O–H groups in total. The second-order valence-corrected chi connectivity index (χ2v) is 2.42. The fourth-order valence-corrected chi connectivity index (χ4v) is 0.894. The highest BCUT2D eigenvalue weighted by atomic mass is 19.1. The van der Waals surface area contributed by atoms with E-state index in [0.29, 0.717) is 0 Å². The van der Waals surface area contributed by atoms with Crippen LogP contribution in [0, 0.1) is 23.0 Å². The molecule has 1 aromatic carbocycles. The van der Waals surface area contributed by atoms with Crippen LogP contribution in [0.5, 0.6) is 0 Å². The largest absolute Gasteiger partial charge is 0.351 e. The summed E-state index contributed by atoms with van der Waals surface area (Å²) in [5.74, 6) is -2.09. The minimum Gasteiger partial charge on any atom is -0.351 e. The highest BCUT2D eigenvalue weighted by Crippen LogP contribution is 2.17. The summed E-state index contributed by atoms with van der Waals surface area (Å²) in [6.07, 6.45) is 0. The maximum atomic E-state index is 12.9. The van der Waals surface area contributed by atoms with E-state index >= 15 is 0 Å². The van der Waals surface area contributed by atoms with Crippen LogP contribution in [0.25, 0.3) is 0 Å². The third-order valence-corrected chi connectivity index (χ3v) is 1.42. The van der Waals surface area contributed by atoms with E-state index in [-0.39, 0.29) is 5.69 Å². The number of halogens is 2. The molecule has 1 aromatic rings. The van der Waals surface area contributed by atoms with Gasteiger partial charge in [0.1, 0.15) is 23.3 Å². The molecule has 0 heterocycles. The molecule has 0 saturated heterocycles. The van der Waals surface area contributed by atoms with E-state index in [1.165, 1.54) is 6.07 Å². The van der Waals surface area contributed by atoms with Gasteiger partial charge >= 0.3 is 6.03 Å². The van der Waals surface area contributed by atoms with E-state index in [0.717, 1.165) is 12.1 Å². The SMILES string of the molecule is N#Cc1c(F)cc(NC(N)=O)cc1F. The lowest BCUT2D eigenvalue weighted by molar-refractivity contribution is 0.259. The second-order valence-electron chi connectivity index (χ2n) is 2.42. The number of nitrogens with two attached hydrogens (primary N) is 1. The van der Waals surface area contributed by atoms with Crippen molar-refractivity contribution in [1.82, 2.24) is 0 Å². The molecule has 0 aliphatic heterocycles. The maximum absolute atomic E-state index is 12.9. The average Bonchev–Trinajstić information content (AvgIpc) is 2.01. The van der Waals surface area contributed by atoms with Crippen LogP contribution in [0.3, 0.4) is 0 Å². The molecule has 1 rings (SSSR count). The summed E-state index contributed by atoms with van der Waals surface area (Å²) in [6.45, 7) is 0. The van der Waals surface area contributed by atoms with Crippen LogP contribution in [-0.4, -0.2) is 6.03 Å². The van der Waals surface area contributed by atoms with Crippen molar-refractivity contribution in [1.29, 1.82) is 5.26 Å². The molecule has 72 valence electrons. The number of nitriles is 1. The molecular weight excluding hydrogens is 192 g/mol. The van der Waals surface area contributed by atoms with Crippen LogP contribution in [0.15, 0.2) is 12.1 Å². The number of hydrogen-bond acceptors (Lipinski definition) is 2. The van der Waals surface area contributed by atoms with Gasteiger partial charge in [-0.05, 0) is 12.1 Å².